The highest BCUT2D eigenvalue weighted by Crippen LogP contribution is 2.15. The van der Waals surface area contributed by atoms with Gasteiger partial charge in [-0.2, -0.15) is 5.26 Å². The van der Waals surface area contributed by atoms with E-state index >= 15 is 0 Å². The lowest BCUT2D eigenvalue weighted by atomic mass is 10.1. The number of nitrogens with one attached hydrogen (secondary N) is 2. The third-order valence-electron chi connectivity index (χ3n) is 2.92. The Balaban J connectivity index is 2.22. The summed E-state index contributed by atoms with van der Waals surface area (Å²) in [5.41, 5.74) is 0.175. The minimum atomic E-state index is -3.62. The summed E-state index contributed by atoms with van der Waals surface area (Å²) in [5, 5.41) is 12.1. The molecule has 1 aromatic rings. The van der Waals surface area contributed by atoms with Gasteiger partial charge in [-0.05, 0) is 31.5 Å². The minimum Gasteiger partial charge on any atom is -0.315 e. The van der Waals surface area contributed by atoms with E-state index in [2.05, 4.69) is 10.0 Å². The van der Waals surface area contributed by atoms with Gasteiger partial charge in [-0.1, -0.05) is 12.1 Å². The van der Waals surface area contributed by atoms with Crippen molar-refractivity contribution in [3.8, 4) is 6.07 Å². The van der Waals surface area contributed by atoms with Crippen molar-refractivity contribution < 1.29 is 8.42 Å². The molecule has 0 amide bonds. The molecule has 1 aliphatic heterocycles. The van der Waals surface area contributed by atoms with Gasteiger partial charge in [0, 0.05) is 12.6 Å². The van der Waals surface area contributed by atoms with Gasteiger partial charge in [0.15, 0.2) is 0 Å². The van der Waals surface area contributed by atoms with Gasteiger partial charge in [-0.25, -0.2) is 13.1 Å². The molecule has 0 spiro atoms. The second-order valence-electron chi connectivity index (χ2n) is 4.27. The lowest BCUT2D eigenvalue weighted by Crippen LogP contribution is -2.45. The van der Waals surface area contributed by atoms with Gasteiger partial charge in [0.25, 0.3) is 0 Å². The predicted octanol–water partition coefficient (Wildman–Crippen LogP) is 0.589. The molecule has 0 bridgehead atoms. The van der Waals surface area contributed by atoms with E-state index < -0.39 is 10.0 Å². The second-order valence-corrected chi connectivity index (χ2v) is 5.95. The molecule has 2 rings (SSSR count). The van der Waals surface area contributed by atoms with Crippen molar-refractivity contribution in [3.05, 3.63) is 29.8 Å². The van der Waals surface area contributed by atoms with Crippen LogP contribution in [0.1, 0.15) is 18.4 Å². The maximum absolute atomic E-state index is 12.2. The van der Waals surface area contributed by atoms with Gasteiger partial charge >= 0.3 is 0 Å². The highest BCUT2D eigenvalue weighted by molar-refractivity contribution is 7.89. The molecule has 0 saturated carbocycles. The van der Waals surface area contributed by atoms with Gasteiger partial charge in [0.05, 0.1) is 10.5 Å². The van der Waals surface area contributed by atoms with E-state index in [9.17, 15) is 8.42 Å². The fraction of sp³-hybridized carbons (Fsp3) is 0.417. The molecular weight excluding hydrogens is 250 g/mol. The van der Waals surface area contributed by atoms with Crippen LogP contribution in [0.4, 0.5) is 0 Å². The normalized spacial score (nSPS) is 20.3. The molecule has 1 atom stereocenters. The zero-order valence-electron chi connectivity index (χ0n) is 9.89. The van der Waals surface area contributed by atoms with Gasteiger partial charge in [-0.15, -0.1) is 0 Å². The quantitative estimate of drug-likeness (QED) is 0.838. The number of nitrogens with zero attached hydrogens (tertiary/aromatic N) is 1. The first-order chi connectivity index (χ1) is 8.63. The molecule has 96 valence electrons. The average molecular weight is 265 g/mol. The van der Waals surface area contributed by atoms with Crippen LogP contribution in [0.5, 0.6) is 0 Å². The first-order valence-corrected chi connectivity index (χ1v) is 7.34. The Morgan fingerprint density at radius 1 is 1.39 bits per heavy atom. The van der Waals surface area contributed by atoms with Crippen molar-refractivity contribution in [2.75, 3.05) is 13.1 Å². The molecule has 0 radical (unpaired) electrons. The molecule has 2 N–H and O–H groups in total. The van der Waals surface area contributed by atoms with Gasteiger partial charge in [-0.3, -0.25) is 0 Å². The molecule has 1 fully saturated rings. The lowest BCUT2D eigenvalue weighted by molar-refractivity contribution is 0.428. The fourth-order valence-electron chi connectivity index (χ4n) is 2.03. The summed E-state index contributed by atoms with van der Waals surface area (Å²) < 4.78 is 27.0. The Morgan fingerprint density at radius 3 is 2.83 bits per heavy atom. The van der Waals surface area contributed by atoms with E-state index in [-0.39, 0.29) is 16.5 Å². The smallest absolute Gasteiger partial charge is 0.242 e. The van der Waals surface area contributed by atoms with E-state index in [1.54, 1.807) is 12.1 Å². The molecule has 1 aliphatic rings. The molecule has 1 aromatic carbocycles. The fourth-order valence-corrected chi connectivity index (χ4v) is 3.46. The Kier molecular flexibility index (Phi) is 3.97. The maximum atomic E-state index is 12.2. The Bertz CT molecular complexity index is 557. The molecule has 0 aliphatic carbocycles. The maximum Gasteiger partial charge on any atom is 0.242 e. The highest BCUT2D eigenvalue weighted by Gasteiger charge is 2.23. The molecule has 1 heterocycles. The topological polar surface area (TPSA) is 82.0 Å². The molecule has 6 heteroatoms. The number of piperidine rings is 1. The van der Waals surface area contributed by atoms with E-state index in [0.717, 1.165) is 19.4 Å². The van der Waals surface area contributed by atoms with Crippen LogP contribution in [-0.4, -0.2) is 27.5 Å². The number of hydrogen-bond donors (Lipinski definition) is 2. The molecule has 18 heavy (non-hydrogen) atoms. The van der Waals surface area contributed by atoms with E-state index in [1.165, 1.54) is 12.1 Å². The third-order valence-corrected chi connectivity index (χ3v) is 4.49. The highest BCUT2D eigenvalue weighted by atomic mass is 32.2. The molecule has 0 unspecified atom stereocenters. The standard InChI is InChI=1S/C12H15N3O2S/c13-8-10-4-1-2-6-12(10)18(16,17)15-11-5-3-7-14-9-11/h1-2,4,6,11,14-15H,3,5,7,9H2/t11-/m1/s1. The first kappa shape index (κ1) is 13.0. The Morgan fingerprint density at radius 2 is 2.17 bits per heavy atom. The lowest BCUT2D eigenvalue weighted by Gasteiger charge is -2.23. The monoisotopic (exact) mass is 265 g/mol. The molecular formula is C12H15N3O2S. The van der Waals surface area contributed by atoms with Crippen molar-refractivity contribution in [3.63, 3.8) is 0 Å². The van der Waals surface area contributed by atoms with Gasteiger partial charge < -0.3 is 5.32 Å². The van der Waals surface area contributed by atoms with E-state index in [1.807, 2.05) is 6.07 Å². The number of sulfonamides is 1. The Labute approximate surface area is 107 Å². The van der Waals surface area contributed by atoms with Crippen LogP contribution in [0, 0.1) is 11.3 Å². The second kappa shape index (κ2) is 5.48. The van der Waals surface area contributed by atoms with Crippen molar-refractivity contribution in [2.45, 2.75) is 23.8 Å². The van der Waals surface area contributed by atoms with Crippen LogP contribution in [0.2, 0.25) is 0 Å². The summed E-state index contributed by atoms with van der Waals surface area (Å²) in [6.07, 6.45) is 1.77. The van der Waals surface area contributed by atoms with Crippen molar-refractivity contribution in [1.82, 2.24) is 10.0 Å². The number of benzene rings is 1. The number of rotatable bonds is 3. The van der Waals surface area contributed by atoms with Crippen LogP contribution in [0.25, 0.3) is 0 Å². The molecule has 5 nitrogen and oxygen atoms in total. The van der Waals surface area contributed by atoms with Crippen molar-refractivity contribution >= 4 is 10.0 Å². The third kappa shape index (κ3) is 2.88. The summed E-state index contributed by atoms with van der Waals surface area (Å²) in [4.78, 5) is 0.0538. The summed E-state index contributed by atoms with van der Waals surface area (Å²) >= 11 is 0. The summed E-state index contributed by atoms with van der Waals surface area (Å²) in [6, 6.07) is 8.04. The van der Waals surface area contributed by atoms with Crippen LogP contribution in [-0.2, 0) is 10.0 Å². The first-order valence-electron chi connectivity index (χ1n) is 5.85. The largest absolute Gasteiger partial charge is 0.315 e. The summed E-state index contributed by atoms with van der Waals surface area (Å²) in [6.45, 7) is 1.56. The summed E-state index contributed by atoms with van der Waals surface area (Å²) in [7, 11) is -3.62. The van der Waals surface area contributed by atoms with Crippen LogP contribution < -0.4 is 10.0 Å². The summed E-state index contributed by atoms with van der Waals surface area (Å²) in [5.74, 6) is 0. The average Bonchev–Trinajstić information content (AvgIpc) is 2.39. The molecule has 1 saturated heterocycles. The van der Waals surface area contributed by atoms with Crippen molar-refractivity contribution in [1.29, 1.82) is 5.26 Å². The van der Waals surface area contributed by atoms with Crippen LogP contribution >= 0.6 is 0 Å². The minimum absolute atomic E-state index is 0.0538. The number of nitriles is 1. The predicted molar refractivity (Wildman–Crippen MR) is 67.4 cm³/mol. The SMILES string of the molecule is N#Cc1ccccc1S(=O)(=O)N[C@@H]1CCCNC1. The van der Waals surface area contributed by atoms with E-state index in [0.29, 0.717) is 6.54 Å². The van der Waals surface area contributed by atoms with Gasteiger partial charge in [0.2, 0.25) is 10.0 Å². The van der Waals surface area contributed by atoms with E-state index in [4.69, 9.17) is 5.26 Å². The van der Waals surface area contributed by atoms with Gasteiger partial charge in [0.1, 0.15) is 6.07 Å². The zero-order valence-corrected chi connectivity index (χ0v) is 10.7. The molecule has 0 aromatic heterocycles. The van der Waals surface area contributed by atoms with Crippen LogP contribution in [0.15, 0.2) is 29.2 Å². The van der Waals surface area contributed by atoms with Crippen LogP contribution in [0.3, 0.4) is 0 Å². The number of hydrogen-bond acceptors (Lipinski definition) is 4. The van der Waals surface area contributed by atoms with Crippen molar-refractivity contribution in [2.24, 2.45) is 0 Å². The Hall–Kier alpha value is -1.42. The zero-order chi connectivity index (χ0) is 13.0.